The topological polar surface area (TPSA) is 38.3 Å². The van der Waals surface area contributed by atoms with Crippen molar-refractivity contribution in [1.82, 2.24) is 5.32 Å². The van der Waals surface area contributed by atoms with Gasteiger partial charge in [0, 0.05) is 17.1 Å². The highest BCUT2D eigenvalue weighted by Gasteiger charge is 2.24. The smallest absolute Gasteiger partial charge is 0.323 e. The zero-order valence-electron chi connectivity index (χ0n) is 11.4. The van der Waals surface area contributed by atoms with Crippen LogP contribution >= 0.6 is 11.6 Å². The van der Waals surface area contributed by atoms with E-state index >= 15 is 0 Å². The molecule has 0 aliphatic heterocycles. The van der Waals surface area contributed by atoms with Crippen LogP contribution < -0.4 is 5.32 Å². The summed E-state index contributed by atoms with van der Waals surface area (Å²) in [5.74, 6) is -0.573. The summed E-state index contributed by atoms with van der Waals surface area (Å²) in [6, 6.07) is 3.91. The fourth-order valence-corrected chi connectivity index (χ4v) is 1.97. The second kappa shape index (κ2) is 7.46. The molecule has 0 heterocycles. The number of rotatable bonds is 6. The third-order valence-corrected chi connectivity index (χ3v) is 3.42. The number of hydrogen-bond acceptors (Lipinski definition) is 3. The first-order valence-electron chi connectivity index (χ1n) is 6.24. The van der Waals surface area contributed by atoms with Crippen LogP contribution in [0.15, 0.2) is 18.2 Å². The average molecular weight is 288 g/mol. The number of halogens is 2. The van der Waals surface area contributed by atoms with Gasteiger partial charge in [0.05, 0.1) is 7.11 Å². The monoisotopic (exact) mass is 287 g/mol. The second-order valence-corrected chi connectivity index (χ2v) is 4.94. The minimum Gasteiger partial charge on any atom is -0.468 e. The number of carbonyl (C=O) groups excluding carboxylic acids is 1. The van der Waals surface area contributed by atoms with Gasteiger partial charge in [-0.15, -0.1) is 0 Å². The fourth-order valence-electron chi connectivity index (χ4n) is 1.78. The van der Waals surface area contributed by atoms with Crippen molar-refractivity contribution in [2.75, 3.05) is 7.11 Å². The Kier molecular flexibility index (Phi) is 6.25. The third kappa shape index (κ3) is 4.48. The molecule has 0 fully saturated rings. The molecule has 3 nitrogen and oxygen atoms in total. The van der Waals surface area contributed by atoms with Gasteiger partial charge in [-0.3, -0.25) is 10.1 Å². The Hall–Kier alpha value is -1.13. The molecule has 1 aromatic rings. The SMILES string of the molecule is CCC(C)C(NCc1cc(Cl)ccc1F)C(=O)OC. The van der Waals surface area contributed by atoms with E-state index in [0.29, 0.717) is 10.6 Å². The van der Waals surface area contributed by atoms with Crippen molar-refractivity contribution in [3.63, 3.8) is 0 Å². The quantitative estimate of drug-likeness (QED) is 0.817. The third-order valence-electron chi connectivity index (χ3n) is 3.19. The van der Waals surface area contributed by atoms with E-state index in [1.54, 1.807) is 6.07 Å². The maximum absolute atomic E-state index is 13.6. The van der Waals surface area contributed by atoms with Crippen LogP contribution in [-0.4, -0.2) is 19.1 Å². The lowest BCUT2D eigenvalue weighted by Crippen LogP contribution is -2.42. The number of benzene rings is 1. The molecule has 2 atom stereocenters. The molecule has 0 aliphatic carbocycles. The van der Waals surface area contributed by atoms with Crippen LogP contribution in [-0.2, 0) is 16.1 Å². The lowest BCUT2D eigenvalue weighted by Gasteiger charge is -2.22. The number of hydrogen-bond donors (Lipinski definition) is 1. The first-order chi connectivity index (χ1) is 8.99. The van der Waals surface area contributed by atoms with E-state index in [4.69, 9.17) is 16.3 Å². The molecule has 0 saturated heterocycles. The van der Waals surface area contributed by atoms with Crippen LogP contribution in [0.4, 0.5) is 4.39 Å². The minimum atomic E-state index is -0.451. The van der Waals surface area contributed by atoms with E-state index in [2.05, 4.69) is 5.32 Å². The summed E-state index contributed by atoms with van der Waals surface area (Å²) in [7, 11) is 1.35. The zero-order chi connectivity index (χ0) is 14.4. The molecule has 0 aliphatic rings. The lowest BCUT2D eigenvalue weighted by molar-refractivity contribution is -0.144. The first kappa shape index (κ1) is 15.9. The minimum absolute atomic E-state index is 0.106. The Bertz CT molecular complexity index is 439. The van der Waals surface area contributed by atoms with Gasteiger partial charge in [-0.2, -0.15) is 0 Å². The normalized spacial score (nSPS) is 13.9. The van der Waals surface area contributed by atoms with Crippen molar-refractivity contribution in [3.05, 3.63) is 34.6 Å². The molecule has 106 valence electrons. The van der Waals surface area contributed by atoms with Gasteiger partial charge in [0.2, 0.25) is 0 Å². The zero-order valence-corrected chi connectivity index (χ0v) is 12.1. The highest BCUT2D eigenvalue weighted by atomic mass is 35.5. The van der Waals surface area contributed by atoms with Gasteiger partial charge in [0.15, 0.2) is 0 Å². The van der Waals surface area contributed by atoms with Crippen molar-refractivity contribution in [1.29, 1.82) is 0 Å². The molecule has 1 rings (SSSR count). The molecule has 0 radical (unpaired) electrons. The van der Waals surface area contributed by atoms with E-state index in [0.717, 1.165) is 6.42 Å². The van der Waals surface area contributed by atoms with Crippen molar-refractivity contribution in [3.8, 4) is 0 Å². The fraction of sp³-hybridized carbons (Fsp3) is 0.500. The number of nitrogens with one attached hydrogen (secondary N) is 1. The van der Waals surface area contributed by atoms with E-state index in [-0.39, 0.29) is 24.2 Å². The second-order valence-electron chi connectivity index (χ2n) is 4.50. The van der Waals surface area contributed by atoms with Gasteiger partial charge in [0.25, 0.3) is 0 Å². The highest BCUT2D eigenvalue weighted by Crippen LogP contribution is 2.16. The molecule has 0 saturated carbocycles. The Morgan fingerprint density at radius 1 is 1.53 bits per heavy atom. The van der Waals surface area contributed by atoms with Crippen molar-refractivity contribution in [2.45, 2.75) is 32.9 Å². The average Bonchev–Trinajstić information content (AvgIpc) is 2.41. The predicted molar refractivity (Wildman–Crippen MR) is 73.5 cm³/mol. The van der Waals surface area contributed by atoms with E-state index in [9.17, 15) is 9.18 Å². The standard InChI is InChI=1S/C14H19ClFNO2/c1-4-9(2)13(14(18)19-3)17-8-10-7-11(15)5-6-12(10)16/h5-7,9,13,17H,4,8H2,1-3H3. The molecule has 19 heavy (non-hydrogen) atoms. The summed E-state index contributed by atoms with van der Waals surface area (Å²) in [6.07, 6.45) is 0.824. The maximum atomic E-state index is 13.6. The number of methoxy groups -OCH3 is 1. The van der Waals surface area contributed by atoms with Crippen molar-refractivity contribution in [2.24, 2.45) is 5.92 Å². The lowest BCUT2D eigenvalue weighted by atomic mass is 9.99. The molecule has 5 heteroatoms. The van der Waals surface area contributed by atoms with Gasteiger partial charge in [-0.1, -0.05) is 31.9 Å². The molecule has 2 unspecified atom stereocenters. The van der Waals surface area contributed by atoms with E-state index in [1.165, 1.54) is 19.2 Å². The maximum Gasteiger partial charge on any atom is 0.323 e. The summed E-state index contributed by atoms with van der Waals surface area (Å²) >= 11 is 5.83. The molecule has 0 aromatic heterocycles. The van der Waals surface area contributed by atoms with Crippen molar-refractivity contribution < 1.29 is 13.9 Å². The molecular formula is C14H19ClFNO2. The molecule has 0 bridgehead atoms. The van der Waals surface area contributed by atoms with Crippen LogP contribution in [0.5, 0.6) is 0 Å². The highest BCUT2D eigenvalue weighted by molar-refractivity contribution is 6.30. The van der Waals surface area contributed by atoms with Gasteiger partial charge < -0.3 is 4.74 Å². The molecular weight excluding hydrogens is 269 g/mol. The summed E-state index contributed by atoms with van der Waals surface area (Å²) in [5, 5.41) is 3.50. The number of ether oxygens (including phenoxy) is 1. The van der Waals surface area contributed by atoms with Gasteiger partial charge >= 0.3 is 5.97 Å². The van der Waals surface area contributed by atoms with Gasteiger partial charge in [-0.25, -0.2) is 4.39 Å². The van der Waals surface area contributed by atoms with E-state index < -0.39 is 6.04 Å². The Morgan fingerprint density at radius 2 is 2.21 bits per heavy atom. The molecule has 0 amide bonds. The van der Waals surface area contributed by atoms with Crippen LogP contribution in [0.1, 0.15) is 25.8 Å². The Balaban J connectivity index is 2.75. The van der Waals surface area contributed by atoms with Crippen molar-refractivity contribution >= 4 is 17.6 Å². The van der Waals surface area contributed by atoms with Crippen LogP contribution in [0.25, 0.3) is 0 Å². The van der Waals surface area contributed by atoms with Gasteiger partial charge in [0.1, 0.15) is 11.9 Å². The molecule has 1 N–H and O–H groups in total. The first-order valence-corrected chi connectivity index (χ1v) is 6.62. The van der Waals surface area contributed by atoms with Gasteiger partial charge in [-0.05, 0) is 24.1 Å². The van der Waals surface area contributed by atoms with E-state index in [1.807, 2.05) is 13.8 Å². The predicted octanol–water partition coefficient (Wildman–Crippen LogP) is 3.16. The number of carbonyl (C=O) groups is 1. The Morgan fingerprint density at radius 3 is 2.79 bits per heavy atom. The summed E-state index contributed by atoms with van der Waals surface area (Å²) in [6.45, 7) is 4.17. The van der Waals surface area contributed by atoms with Crippen LogP contribution in [0.3, 0.4) is 0 Å². The van der Waals surface area contributed by atoms with Crippen LogP contribution in [0, 0.1) is 11.7 Å². The summed E-state index contributed by atoms with van der Waals surface area (Å²) in [4.78, 5) is 11.7. The summed E-state index contributed by atoms with van der Waals surface area (Å²) < 4.78 is 18.3. The number of esters is 1. The Labute approximate surface area is 118 Å². The van der Waals surface area contributed by atoms with Crippen LogP contribution in [0.2, 0.25) is 5.02 Å². The largest absolute Gasteiger partial charge is 0.468 e. The molecule has 1 aromatic carbocycles. The molecule has 0 spiro atoms. The summed E-state index contributed by atoms with van der Waals surface area (Å²) in [5.41, 5.74) is 0.435.